The van der Waals surface area contributed by atoms with Crippen molar-refractivity contribution in [3.63, 3.8) is 0 Å². The standard InChI is InChI=1S/C19H26N2O4/c1-18(2,3)15(20(17(23)24)19(4,5)6)11-14-16(22)12-9-7-8-10-13(12)21(14)25/h7-10,15H,11H2,1-6H3,(H,23,24). The molecule has 0 spiro atoms. The molecule has 1 aliphatic heterocycles. The third kappa shape index (κ3) is 3.52. The maximum atomic E-state index is 12.7. The lowest BCUT2D eigenvalue weighted by molar-refractivity contribution is -0.358. The average molecular weight is 346 g/mol. The summed E-state index contributed by atoms with van der Waals surface area (Å²) in [6.45, 7) is 11.2. The molecule has 6 heteroatoms. The molecule has 1 aliphatic rings. The summed E-state index contributed by atoms with van der Waals surface area (Å²) >= 11 is 0. The average Bonchev–Trinajstić information content (AvgIpc) is 2.69. The van der Waals surface area contributed by atoms with Crippen molar-refractivity contribution in [1.29, 1.82) is 0 Å². The fourth-order valence-corrected chi connectivity index (χ4v) is 3.27. The Morgan fingerprint density at radius 2 is 1.76 bits per heavy atom. The van der Waals surface area contributed by atoms with Gasteiger partial charge in [-0.1, -0.05) is 32.9 Å². The molecular formula is C19H26N2O4. The molecule has 0 fully saturated rings. The molecule has 0 saturated carbocycles. The molecule has 6 nitrogen and oxygen atoms in total. The SMILES string of the molecule is CC(C)(C)C(CC1=[N+]([O-])c2ccccc2C1=O)N(C(=O)O)C(C)(C)C. The highest BCUT2D eigenvalue weighted by atomic mass is 16.5. The van der Waals surface area contributed by atoms with Crippen molar-refractivity contribution in [3.05, 3.63) is 35.0 Å². The lowest BCUT2D eigenvalue weighted by Gasteiger charge is -2.45. The van der Waals surface area contributed by atoms with E-state index >= 15 is 0 Å². The first kappa shape index (κ1) is 19.0. The van der Waals surface area contributed by atoms with Gasteiger partial charge in [-0.3, -0.25) is 9.69 Å². The normalized spacial score (nSPS) is 16.0. The minimum Gasteiger partial charge on any atom is -0.618 e. The van der Waals surface area contributed by atoms with E-state index in [2.05, 4.69) is 0 Å². The number of benzene rings is 1. The highest BCUT2D eigenvalue weighted by molar-refractivity contribution is 6.47. The van der Waals surface area contributed by atoms with Crippen molar-refractivity contribution in [2.24, 2.45) is 5.41 Å². The van der Waals surface area contributed by atoms with E-state index in [-0.39, 0.29) is 17.9 Å². The molecule has 1 heterocycles. The van der Waals surface area contributed by atoms with Crippen molar-refractivity contribution >= 4 is 23.3 Å². The number of amides is 1. The number of ketones is 1. The summed E-state index contributed by atoms with van der Waals surface area (Å²) < 4.78 is 0.652. The van der Waals surface area contributed by atoms with Crippen LogP contribution in [0.4, 0.5) is 10.5 Å². The fraction of sp³-hybridized carbons (Fsp3) is 0.526. The van der Waals surface area contributed by atoms with Gasteiger partial charge in [0.2, 0.25) is 11.4 Å². The molecule has 0 radical (unpaired) electrons. The van der Waals surface area contributed by atoms with Crippen LogP contribution in [-0.2, 0) is 0 Å². The first-order valence-electron chi connectivity index (χ1n) is 8.34. The highest BCUT2D eigenvalue weighted by Gasteiger charge is 2.45. The molecular weight excluding hydrogens is 320 g/mol. The molecule has 1 unspecified atom stereocenters. The Morgan fingerprint density at radius 1 is 1.20 bits per heavy atom. The molecule has 136 valence electrons. The van der Waals surface area contributed by atoms with Gasteiger partial charge in [0.1, 0.15) is 5.56 Å². The summed E-state index contributed by atoms with van der Waals surface area (Å²) in [5.74, 6) is -0.320. The van der Waals surface area contributed by atoms with Crippen LogP contribution in [0.1, 0.15) is 58.3 Å². The number of nitrogens with zero attached hydrogens (tertiary/aromatic N) is 2. The molecule has 1 atom stereocenters. The summed E-state index contributed by atoms with van der Waals surface area (Å²) in [4.78, 5) is 25.9. The largest absolute Gasteiger partial charge is 0.618 e. The minimum atomic E-state index is -1.06. The van der Waals surface area contributed by atoms with Crippen molar-refractivity contribution < 1.29 is 19.4 Å². The Bertz CT molecular complexity index is 739. The Morgan fingerprint density at radius 3 is 2.20 bits per heavy atom. The van der Waals surface area contributed by atoms with Crippen LogP contribution in [0.25, 0.3) is 0 Å². The van der Waals surface area contributed by atoms with Crippen LogP contribution in [0.2, 0.25) is 0 Å². The lowest BCUT2D eigenvalue weighted by Crippen LogP contribution is -2.56. The first-order chi connectivity index (χ1) is 11.4. The van der Waals surface area contributed by atoms with Crippen LogP contribution in [0.15, 0.2) is 24.3 Å². The zero-order valence-corrected chi connectivity index (χ0v) is 15.7. The van der Waals surface area contributed by atoms with Crippen LogP contribution < -0.4 is 0 Å². The molecule has 2 rings (SSSR count). The maximum Gasteiger partial charge on any atom is 0.408 e. The Labute approximate surface area is 148 Å². The molecule has 0 saturated heterocycles. The molecule has 0 aliphatic carbocycles. The Kier molecular flexibility index (Phi) is 4.68. The topological polar surface area (TPSA) is 83.7 Å². The summed E-state index contributed by atoms with van der Waals surface area (Å²) in [6.07, 6.45) is -0.988. The molecule has 0 bridgehead atoms. The second-order valence-corrected chi connectivity index (χ2v) is 8.50. The summed E-state index contributed by atoms with van der Waals surface area (Å²) in [5.41, 5.74) is -0.316. The monoisotopic (exact) mass is 346 g/mol. The molecule has 1 aromatic rings. The van der Waals surface area contributed by atoms with Gasteiger partial charge in [-0.2, -0.15) is 4.74 Å². The van der Waals surface area contributed by atoms with Gasteiger partial charge >= 0.3 is 6.09 Å². The summed E-state index contributed by atoms with van der Waals surface area (Å²) in [6, 6.07) is 6.14. The van der Waals surface area contributed by atoms with E-state index < -0.39 is 23.1 Å². The van der Waals surface area contributed by atoms with E-state index in [1.54, 1.807) is 24.3 Å². The van der Waals surface area contributed by atoms with Gasteiger partial charge in [0.15, 0.2) is 0 Å². The maximum absolute atomic E-state index is 12.7. The number of hydrogen-bond acceptors (Lipinski definition) is 3. The summed E-state index contributed by atoms with van der Waals surface area (Å²) in [5, 5.41) is 22.4. The van der Waals surface area contributed by atoms with Gasteiger partial charge in [0, 0.05) is 11.6 Å². The second kappa shape index (κ2) is 6.17. The Balaban J connectivity index is 2.48. The number of hydrogen-bond donors (Lipinski definition) is 1. The molecule has 1 N–H and O–H groups in total. The first-order valence-corrected chi connectivity index (χ1v) is 8.34. The smallest absolute Gasteiger partial charge is 0.408 e. The molecule has 1 aromatic carbocycles. The number of carbonyl (C=O) groups excluding carboxylic acids is 1. The van der Waals surface area contributed by atoms with Gasteiger partial charge < -0.3 is 10.3 Å². The minimum absolute atomic E-state index is 0.0735. The summed E-state index contributed by atoms with van der Waals surface area (Å²) in [7, 11) is 0. The molecule has 0 aromatic heterocycles. The fourth-order valence-electron chi connectivity index (χ4n) is 3.27. The predicted molar refractivity (Wildman–Crippen MR) is 96.5 cm³/mol. The van der Waals surface area contributed by atoms with Crippen molar-refractivity contribution in [1.82, 2.24) is 4.90 Å². The van der Waals surface area contributed by atoms with E-state index in [0.717, 1.165) is 0 Å². The van der Waals surface area contributed by atoms with Gasteiger partial charge in [-0.05, 0) is 32.3 Å². The second-order valence-electron chi connectivity index (χ2n) is 8.50. The number of fused-ring (bicyclic) bond motifs is 1. The number of Topliss-reactive ketones (excluding diaryl/α,β-unsaturated/α-hetero) is 1. The van der Waals surface area contributed by atoms with Crippen LogP contribution >= 0.6 is 0 Å². The van der Waals surface area contributed by atoms with Crippen molar-refractivity contribution in [2.45, 2.75) is 59.5 Å². The van der Waals surface area contributed by atoms with E-state index in [0.29, 0.717) is 16.0 Å². The van der Waals surface area contributed by atoms with Gasteiger partial charge in [0.05, 0.1) is 12.5 Å². The third-order valence-electron chi connectivity index (χ3n) is 4.50. The lowest BCUT2D eigenvalue weighted by atomic mass is 9.80. The van der Waals surface area contributed by atoms with Crippen LogP contribution in [0.5, 0.6) is 0 Å². The zero-order chi connectivity index (χ0) is 19.2. The van der Waals surface area contributed by atoms with Crippen molar-refractivity contribution in [2.75, 3.05) is 0 Å². The third-order valence-corrected chi connectivity index (χ3v) is 4.50. The van der Waals surface area contributed by atoms with Crippen LogP contribution in [0.3, 0.4) is 0 Å². The van der Waals surface area contributed by atoms with Crippen LogP contribution in [0, 0.1) is 10.6 Å². The van der Waals surface area contributed by atoms with Gasteiger partial charge in [-0.25, -0.2) is 4.79 Å². The number of rotatable bonds is 3. The highest BCUT2D eigenvalue weighted by Crippen LogP contribution is 2.35. The van der Waals surface area contributed by atoms with E-state index in [1.807, 2.05) is 41.5 Å². The predicted octanol–water partition coefficient (Wildman–Crippen LogP) is 4.05. The van der Waals surface area contributed by atoms with Crippen LogP contribution in [-0.4, -0.2) is 43.9 Å². The number of carboxylic acid groups (broad SMARTS) is 1. The molecule has 25 heavy (non-hydrogen) atoms. The molecule has 1 amide bonds. The number of para-hydroxylation sites is 1. The Hall–Kier alpha value is -2.37. The van der Waals surface area contributed by atoms with E-state index in [4.69, 9.17) is 0 Å². The van der Waals surface area contributed by atoms with Gasteiger partial charge in [0.25, 0.3) is 5.78 Å². The quantitative estimate of drug-likeness (QED) is 0.661. The van der Waals surface area contributed by atoms with E-state index in [1.165, 1.54) is 4.90 Å². The van der Waals surface area contributed by atoms with Gasteiger partial charge in [-0.15, -0.1) is 0 Å². The van der Waals surface area contributed by atoms with Crippen molar-refractivity contribution in [3.8, 4) is 0 Å². The number of carbonyl (C=O) groups is 2. The zero-order valence-electron chi connectivity index (χ0n) is 15.7. The van der Waals surface area contributed by atoms with E-state index in [9.17, 15) is 19.9 Å².